The highest BCUT2D eigenvalue weighted by Gasteiger charge is 2.13. The average Bonchev–Trinajstić information content (AvgIpc) is 2.63. The molecule has 0 spiro atoms. The van der Waals surface area contributed by atoms with Gasteiger partial charge in [0.1, 0.15) is 6.42 Å². The second-order valence-electron chi connectivity index (χ2n) is 3.92. The molecule has 1 heterocycles. The van der Waals surface area contributed by atoms with Gasteiger partial charge in [0.15, 0.2) is 5.78 Å². The van der Waals surface area contributed by atoms with Crippen molar-refractivity contribution < 1.29 is 14.3 Å². The standard InChI is InChI=1S/C12H16BrNO3S/c1-3-17-12(16)5-10(15)6-14(2)7-11-4-9(13)8-18-11/h4,8H,3,5-7H2,1-2H3. The molecular formula is C12H16BrNO3S. The molecule has 0 atom stereocenters. The molecule has 0 saturated carbocycles. The third-order valence-corrected chi connectivity index (χ3v) is 3.82. The van der Waals surface area contributed by atoms with E-state index in [2.05, 4.69) is 15.9 Å². The van der Waals surface area contributed by atoms with Gasteiger partial charge in [0.25, 0.3) is 0 Å². The molecule has 0 unspecified atom stereocenters. The number of esters is 1. The van der Waals surface area contributed by atoms with Gasteiger partial charge >= 0.3 is 5.97 Å². The SMILES string of the molecule is CCOC(=O)CC(=O)CN(C)Cc1cc(Br)cs1. The summed E-state index contributed by atoms with van der Waals surface area (Å²) in [5.74, 6) is -0.568. The van der Waals surface area contributed by atoms with E-state index in [9.17, 15) is 9.59 Å². The van der Waals surface area contributed by atoms with Crippen molar-refractivity contribution in [2.24, 2.45) is 0 Å². The van der Waals surface area contributed by atoms with E-state index in [1.165, 1.54) is 4.88 Å². The zero-order valence-corrected chi connectivity index (χ0v) is 12.8. The normalized spacial score (nSPS) is 10.7. The van der Waals surface area contributed by atoms with Crippen LogP contribution < -0.4 is 0 Å². The molecule has 0 aliphatic heterocycles. The number of hydrogen-bond donors (Lipinski definition) is 0. The van der Waals surface area contributed by atoms with Crippen LogP contribution in [-0.2, 0) is 20.9 Å². The molecule has 0 aliphatic rings. The second kappa shape index (κ2) is 7.66. The van der Waals surface area contributed by atoms with Gasteiger partial charge in [-0.15, -0.1) is 11.3 Å². The van der Waals surface area contributed by atoms with E-state index in [0.29, 0.717) is 13.2 Å². The number of thiophene rings is 1. The molecule has 0 saturated heterocycles. The Labute approximate surface area is 119 Å². The fourth-order valence-corrected chi connectivity index (χ4v) is 3.02. The van der Waals surface area contributed by atoms with Gasteiger partial charge in [0, 0.05) is 21.3 Å². The summed E-state index contributed by atoms with van der Waals surface area (Å²) in [5, 5.41) is 2.00. The lowest BCUT2D eigenvalue weighted by Gasteiger charge is -2.14. The van der Waals surface area contributed by atoms with Crippen LogP contribution in [0.25, 0.3) is 0 Å². The number of ketones is 1. The summed E-state index contributed by atoms with van der Waals surface area (Å²) in [7, 11) is 1.86. The quantitative estimate of drug-likeness (QED) is 0.568. The largest absolute Gasteiger partial charge is 0.466 e. The molecule has 1 rings (SSSR count). The minimum atomic E-state index is -0.449. The first-order valence-electron chi connectivity index (χ1n) is 5.60. The highest BCUT2D eigenvalue weighted by atomic mass is 79.9. The number of nitrogens with zero attached hydrogens (tertiary/aromatic N) is 1. The first-order chi connectivity index (χ1) is 8.51. The summed E-state index contributed by atoms with van der Waals surface area (Å²) in [6, 6.07) is 2.02. The van der Waals surface area contributed by atoms with Crippen LogP contribution in [0, 0.1) is 0 Å². The summed E-state index contributed by atoms with van der Waals surface area (Å²) in [4.78, 5) is 25.8. The smallest absolute Gasteiger partial charge is 0.313 e. The number of ether oxygens (including phenoxy) is 1. The monoisotopic (exact) mass is 333 g/mol. The van der Waals surface area contributed by atoms with Crippen molar-refractivity contribution >= 4 is 39.0 Å². The Morgan fingerprint density at radius 3 is 2.78 bits per heavy atom. The van der Waals surface area contributed by atoms with Gasteiger partial charge in [-0.1, -0.05) is 0 Å². The molecule has 0 amide bonds. The Bertz CT molecular complexity index is 419. The molecule has 1 aromatic rings. The average molecular weight is 334 g/mol. The van der Waals surface area contributed by atoms with Crippen molar-refractivity contribution in [2.75, 3.05) is 20.2 Å². The second-order valence-corrected chi connectivity index (χ2v) is 5.84. The van der Waals surface area contributed by atoms with Crippen molar-refractivity contribution in [1.82, 2.24) is 4.90 Å². The highest BCUT2D eigenvalue weighted by Crippen LogP contribution is 2.20. The first-order valence-corrected chi connectivity index (χ1v) is 7.27. The Balaban J connectivity index is 2.33. The van der Waals surface area contributed by atoms with Gasteiger partial charge in [0.2, 0.25) is 0 Å². The maximum atomic E-state index is 11.6. The lowest BCUT2D eigenvalue weighted by atomic mass is 10.2. The first kappa shape index (κ1) is 15.3. The van der Waals surface area contributed by atoms with E-state index in [-0.39, 0.29) is 18.7 Å². The molecule has 0 fully saturated rings. The van der Waals surface area contributed by atoms with E-state index in [4.69, 9.17) is 4.74 Å². The van der Waals surface area contributed by atoms with Crippen LogP contribution in [0.4, 0.5) is 0 Å². The van der Waals surface area contributed by atoms with Gasteiger partial charge in [-0.2, -0.15) is 0 Å². The van der Waals surface area contributed by atoms with E-state index >= 15 is 0 Å². The minimum absolute atomic E-state index is 0.119. The Kier molecular flexibility index (Phi) is 6.52. The topological polar surface area (TPSA) is 46.6 Å². The molecule has 4 nitrogen and oxygen atoms in total. The van der Waals surface area contributed by atoms with Gasteiger partial charge in [-0.25, -0.2) is 0 Å². The van der Waals surface area contributed by atoms with E-state index in [1.54, 1.807) is 18.3 Å². The molecule has 1 aromatic heterocycles. The summed E-state index contributed by atoms with van der Waals surface area (Å²) >= 11 is 5.02. The number of rotatable bonds is 7. The van der Waals surface area contributed by atoms with E-state index < -0.39 is 5.97 Å². The zero-order valence-electron chi connectivity index (χ0n) is 10.4. The van der Waals surface area contributed by atoms with Gasteiger partial charge in [0.05, 0.1) is 13.2 Å². The molecule has 0 radical (unpaired) electrons. The van der Waals surface area contributed by atoms with Crippen molar-refractivity contribution in [3.8, 4) is 0 Å². The Morgan fingerprint density at radius 2 is 2.22 bits per heavy atom. The number of carbonyl (C=O) groups is 2. The van der Waals surface area contributed by atoms with Crippen LogP contribution in [0.15, 0.2) is 15.9 Å². The summed E-state index contributed by atoms with van der Waals surface area (Å²) in [5.41, 5.74) is 0. The van der Waals surface area contributed by atoms with Crippen LogP contribution in [-0.4, -0.2) is 36.9 Å². The number of halogens is 1. The van der Waals surface area contributed by atoms with E-state index in [0.717, 1.165) is 4.47 Å². The molecular weight excluding hydrogens is 318 g/mol. The number of hydrogen-bond acceptors (Lipinski definition) is 5. The summed E-state index contributed by atoms with van der Waals surface area (Å²) in [6.07, 6.45) is -0.147. The van der Waals surface area contributed by atoms with Crippen molar-refractivity contribution in [3.05, 3.63) is 20.8 Å². The van der Waals surface area contributed by atoms with Gasteiger partial charge in [-0.05, 0) is 36.0 Å². The predicted molar refractivity (Wildman–Crippen MR) is 74.6 cm³/mol. The fourth-order valence-electron chi connectivity index (χ4n) is 1.49. The predicted octanol–water partition coefficient (Wildman–Crippen LogP) is 2.46. The summed E-state index contributed by atoms with van der Waals surface area (Å²) < 4.78 is 5.78. The summed E-state index contributed by atoms with van der Waals surface area (Å²) in [6.45, 7) is 2.99. The lowest BCUT2D eigenvalue weighted by molar-refractivity contribution is -0.145. The Morgan fingerprint density at radius 1 is 1.50 bits per heavy atom. The maximum absolute atomic E-state index is 11.6. The molecule has 6 heteroatoms. The molecule has 18 heavy (non-hydrogen) atoms. The lowest BCUT2D eigenvalue weighted by Crippen LogP contribution is -2.27. The molecule has 0 N–H and O–H groups in total. The third-order valence-electron chi connectivity index (χ3n) is 2.14. The van der Waals surface area contributed by atoms with Crippen LogP contribution in [0.1, 0.15) is 18.2 Å². The van der Waals surface area contributed by atoms with Crippen LogP contribution in [0.2, 0.25) is 0 Å². The minimum Gasteiger partial charge on any atom is -0.466 e. The van der Waals surface area contributed by atoms with Crippen LogP contribution >= 0.6 is 27.3 Å². The van der Waals surface area contributed by atoms with Gasteiger partial charge in [-0.3, -0.25) is 14.5 Å². The third kappa shape index (κ3) is 5.75. The van der Waals surface area contributed by atoms with Crippen molar-refractivity contribution in [1.29, 1.82) is 0 Å². The van der Waals surface area contributed by atoms with Gasteiger partial charge < -0.3 is 4.74 Å². The van der Waals surface area contributed by atoms with Crippen molar-refractivity contribution in [3.63, 3.8) is 0 Å². The molecule has 0 aromatic carbocycles. The molecule has 100 valence electrons. The van der Waals surface area contributed by atoms with Crippen molar-refractivity contribution in [2.45, 2.75) is 19.9 Å². The van der Waals surface area contributed by atoms with E-state index in [1.807, 2.05) is 23.4 Å². The highest BCUT2D eigenvalue weighted by molar-refractivity contribution is 9.10. The maximum Gasteiger partial charge on any atom is 0.313 e. The molecule has 0 aliphatic carbocycles. The van der Waals surface area contributed by atoms with Crippen LogP contribution in [0.3, 0.4) is 0 Å². The molecule has 0 bridgehead atoms. The number of carbonyl (C=O) groups excluding carboxylic acids is 2. The zero-order chi connectivity index (χ0) is 13.5. The number of Topliss-reactive ketones (excluding diaryl/α,β-unsaturated/α-hetero) is 1. The number of likely N-dealkylation sites (N-methyl/N-ethyl adjacent to an activating group) is 1. The fraction of sp³-hybridized carbons (Fsp3) is 0.500. The van der Waals surface area contributed by atoms with Crippen LogP contribution in [0.5, 0.6) is 0 Å². The Hall–Kier alpha value is -0.720.